The van der Waals surface area contributed by atoms with Crippen LogP contribution in [0.2, 0.25) is 0 Å². The Labute approximate surface area is 103 Å². The summed E-state index contributed by atoms with van der Waals surface area (Å²) in [4.78, 5) is 28.9. The van der Waals surface area contributed by atoms with Gasteiger partial charge < -0.3 is 16.0 Å². The van der Waals surface area contributed by atoms with Gasteiger partial charge in [-0.2, -0.15) is 0 Å². The summed E-state index contributed by atoms with van der Waals surface area (Å²) in [6.07, 6.45) is 0.998. The number of aromatic nitrogens is 1. The van der Waals surface area contributed by atoms with Crippen molar-refractivity contribution in [2.24, 2.45) is 0 Å². The van der Waals surface area contributed by atoms with Crippen LogP contribution >= 0.6 is 11.3 Å². The zero-order valence-corrected chi connectivity index (χ0v) is 10.1. The van der Waals surface area contributed by atoms with Crippen molar-refractivity contribution in [3.05, 3.63) is 11.1 Å². The number of nitrogen functional groups attached to an aromatic ring is 1. The van der Waals surface area contributed by atoms with Crippen LogP contribution in [0.3, 0.4) is 0 Å². The summed E-state index contributed by atoms with van der Waals surface area (Å²) < 4.78 is 0. The molecule has 0 unspecified atom stereocenters. The predicted molar refractivity (Wildman–Crippen MR) is 64.4 cm³/mol. The van der Waals surface area contributed by atoms with Gasteiger partial charge in [-0.3, -0.25) is 9.59 Å². The highest BCUT2D eigenvalue weighted by Crippen LogP contribution is 2.12. The molecule has 6 nitrogen and oxygen atoms in total. The fourth-order valence-electron chi connectivity index (χ4n) is 1.69. The molecule has 7 heteroatoms. The average Bonchev–Trinajstić information content (AvgIpc) is 2.56. The number of nitrogens with two attached hydrogens (primary N) is 1. The second-order valence-corrected chi connectivity index (χ2v) is 4.76. The Kier molecular flexibility index (Phi) is 3.58. The first-order chi connectivity index (χ1) is 8.15. The van der Waals surface area contributed by atoms with E-state index in [4.69, 9.17) is 5.73 Å². The van der Waals surface area contributed by atoms with E-state index in [0.29, 0.717) is 23.9 Å². The molecule has 2 heterocycles. The van der Waals surface area contributed by atoms with Gasteiger partial charge in [0.25, 0.3) is 0 Å². The molecule has 2 rings (SSSR count). The number of anilines is 1. The van der Waals surface area contributed by atoms with Crippen LogP contribution < -0.4 is 11.1 Å². The minimum atomic E-state index is -0.103. The van der Waals surface area contributed by atoms with Crippen LogP contribution in [0.25, 0.3) is 0 Å². The predicted octanol–water partition coefficient (Wildman–Crippen LogP) is -0.384. The largest absolute Gasteiger partial charge is 0.375 e. The summed E-state index contributed by atoms with van der Waals surface area (Å²) in [5.41, 5.74) is 6.17. The molecule has 1 saturated heterocycles. The highest BCUT2D eigenvalue weighted by atomic mass is 32.1. The van der Waals surface area contributed by atoms with Crippen LogP contribution in [-0.2, 0) is 16.0 Å². The maximum absolute atomic E-state index is 11.9. The summed E-state index contributed by atoms with van der Waals surface area (Å²) in [5.74, 6) is -0.180. The first-order valence-corrected chi connectivity index (χ1v) is 6.27. The van der Waals surface area contributed by atoms with Gasteiger partial charge in [0.1, 0.15) is 0 Å². The molecule has 0 atom stereocenters. The molecule has 0 aromatic carbocycles. The molecule has 0 aliphatic carbocycles. The van der Waals surface area contributed by atoms with Gasteiger partial charge in [0.15, 0.2) is 5.13 Å². The molecule has 1 aliphatic heterocycles. The van der Waals surface area contributed by atoms with Crippen LogP contribution in [-0.4, -0.2) is 41.3 Å². The fourth-order valence-corrected chi connectivity index (χ4v) is 2.25. The lowest BCUT2D eigenvalue weighted by molar-refractivity contribution is -0.134. The minimum Gasteiger partial charge on any atom is -0.375 e. The summed E-state index contributed by atoms with van der Waals surface area (Å²) in [7, 11) is 0. The number of carbonyl (C=O) groups excluding carboxylic acids is 2. The number of hydrogen-bond donors (Lipinski definition) is 2. The molecule has 0 bridgehead atoms. The average molecular weight is 254 g/mol. The molecule has 92 valence electrons. The second-order valence-electron chi connectivity index (χ2n) is 3.87. The monoisotopic (exact) mass is 254 g/mol. The lowest BCUT2D eigenvalue weighted by atomic mass is 10.3. The molecule has 1 aliphatic rings. The minimum absolute atomic E-state index is 0.0765. The highest BCUT2D eigenvalue weighted by molar-refractivity contribution is 7.13. The third kappa shape index (κ3) is 3.16. The van der Waals surface area contributed by atoms with E-state index in [1.807, 2.05) is 0 Å². The first kappa shape index (κ1) is 11.8. The maximum atomic E-state index is 11.9. The molecular formula is C10H14N4O2S. The van der Waals surface area contributed by atoms with E-state index in [1.165, 1.54) is 11.3 Å². The van der Waals surface area contributed by atoms with Gasteiger partial charge in [0.2, 0.25) is 11.8 Å². The Morgan fingerprint density at radius 2 is 2.47 bits per heavy atom. The normalized spacial score (nSPS) is 16.5. The van der Waals surface area contributed by atoms with E-state index in [0.717, 1.165) is 6.42 Å². The summed E-state index contributed by atoms with van der Waals surface area (Å²) in [6, 6.07) is 0. The van der Waals surface area contributed by atoms with Crippen molar-refractivity contribution in [1.29, 1.82) is 0 Å². The van der Waals surface area contributed by atoms with E-state index in [2.05, 4.69) is 10.3 Å². The van der Waals surface area contributed by atoms with Gasteiger partial charge in [0.05, 0.1) is 18.7 Å². The molecule has 0 spiro atoms. The van der Waals surface area contributed by atoms with Crippen LogP contribution in [0.1, 0.15) is 12.1 Å². The summed E-state index contributed by atoms with van der Waals surface area (Å²) >= 11 is 1.31. The Morgan fingerprint density at radius 3 is 3.18 bits per heavy atom. The number of hydrogen-bond acceptors (Lipinski definition) is 5. The molecule has 0 saturated carbocycles. The van der Waals surface area contributed by atoms with Gasteiger partial charge in [0, 0.05) is 18.5 Å². The molecular weight excluding hydrogens is 240 g/mol. The lowest BCUT2D eigenvalue weighted by Gasteiger charge is -2.18. The number of carbonyl (C=O) groups is 2. The van der Waals surface area contributed by atoms with Crippen molar-refractivity contribution in [3.8, 4) is 0 Å². The Bertz CT molecular complexity index is 432. The van der Waals surface area contributed by atoms with E-state index >= 15 is 0 Å². The SMILES string of the molecule is Nc1nc(CC(=O)N2CCCNC(=O)C2)cs1. The topological polar surface area (TPSA) is 88.3 Å². The fraction of sp³-hybridized carbons (Fsp3) is 0.500. The number of rotatable bonds is 2. The first-order valence-electron chi connectivity index (χ1n) is 5.39. The molecule has 3 N–H and O–H groups in total. The lowest BCUT2D eigenvalue weighted by Crippen LogP contribution is -2.38. The van der Waals surface area contributed by atoms with Crippen molar-refractivity contribution in [1.82, 2.24) is 15.2 Å². The summed E-state index contributed by atoms with van der Waals surface area (Å²) in [6.45, 7) is 1.38. The number of amides is 2. The van der Waals surface area contributed by atoms with E-state index < -0.39 is 0 Å². The van der Waals surface area contributed by atoms with E-state index in [9.17, 15) is 9.59 Å². The van der Waals surface area contributed by atoms with E-state index in [-0.39, 0.29) is 24.8 Å². The van der Waals surface area contributed by atoms with Crippen molar-refractivity contribution in [3.63, 3.8) is 0 Å². The molecule has 1 aromatic rings. The van der Waals surface area contributed by atoms with Crippen molar-refractivity contribution in [2.75, 3.05) is 25.4 Å². The highest BCUT2D eigenvalue weighted by Gasteiger charge is 2.20. The van der Waals surface area contributed by atoms with Gasteiger partial charge in [-0.15, -0.1) is 11.3 Å². The Morgan fingerprint density at radius 1 is 1.65 bits per heavy atom. The van der Waals surface area contributed by atoms with Gasteiger partial charge in [-0.25, -0.2) is 4.98 Å². The van der Waals surface area contributed by atoms with Crippen LogP contribution in [0, 0.1) is 0 Å². The molecule has 17 heavy (non-hydrogen) atoms. The Balaban J connectivity index is 1.96. The van der Waals surface area contributed by atoms with Crippen molar-refractivity contribution in [2.45, 2.75) is 12.8 Å². The van der Waals surface area contributed by atoms with E-state index in [1.54, 1.807) is 10.3 Å². The second kappa shape index (κ2) is 5.13. The third-order valence-electron chi connectivity index (χ3n) is 2.52. The van der Waals surface area contributed by atoms with Gasteiger partial charge in [-0.1, -0.05) is 0 Å². The van der Waals surface area contributed by atoms with Crippen LogP contribution in [0.15, 0.2) is 5.38 Å². The molecule has 1 aromatic heterocycles. The standard InChI is InChI=1S/C10H14N4O2S/c11-10-13-7(6-17-10)4-9(16)14-3-1-2-12-8(15)5-14/h6H,1-5H2,(H2,11,13)(H,12,15). The van der Waals surface area contributed by atoms with Crippen LogP contribution in [0.5, 0.6) is 0 Å². The van der Waals surface area contributed by atoms with Crippen molar-refractivity contribution < 1.29 is 9.59 Å². The Hall–Kier alpha value is -1.63. The van der Waals surface area contributed by atoms with Gasteiger partial charge in [-0.05, 0) is 6.42 Å². The van der Waals surface area contributed by atoms with Gasteiger partial charge >= 0.3 is 0 Å². The number of thiazole rings is 1. The zero-order chi connectivity index (χ0) is 12.3. The summed E-state index contributed by atoms with van der Waals surface area (Å²) in [5, 5.41) is 4.96. The molecule has 0 radical (unpaired) electrons. The van der Waals surface area contributed by atoms with Crippen LogP contribution in [0.4, 0.5) is 5.13 Å². The number of nitrogens with one attached hydrogen (secondary N) is 1. The quantitative estimate of drug-likeness (QED) is 0.752. The number of nitrogens with zero attached hydrogens (tertiary/aromatic N) is 2. The third-order valence-corrected chi connectivity index (χ3v) is 3.24. The maximum Gasteiger partial charge on any atom is 0.239 e. The zero-order valence-electron chi connectivity index (χ0n) is 9.31. The molecule has 2 amide bonds. The van der Waals surface area contributed by atoms with Crippen molar-refractivity contribution >= 4 is 28.3 Å². The molecule has 1 fully saturated rings. The smallest absolute Gasteiger partial charge is 0.239 e.